The van der Waals surface area contributed by atoms with Gasteiger partial charge in [0.25, 0.3) is 0 Å². The van der Waals surface area contributed by atoms with E-state index >= 15 is 0 Å². The molecule has 0 amide bonds. The number of hydrogen-bond donors (Lipinski definition) is 2. The summed E-state index contributed by atoms with van der Waals surface area (Å²) >= 11 is 0. The Labute approximate surface area is 156 Å². The molecule has 0 radical (unpaired) electrons. The third-order valence-electron chi connectivity index (χ3n) is 6.05. The van der Waals surface area contributed by atoms with Gasteiger partial charge in [0.15, 0.2) is 5.82 Å². The molecule has 27 heavy (non-hydrogen) atoms. The van der Waals surface area contributed by atoms with Gasteiger partial charge in [0.2, 0.25) is 5.95 Å². The van der Waals surface area contributed by atoms with Crippen molar-refractivity contribution in [1.29, 1.82) is 0 Å². The second-order valence-corrected chi connectivity index (χ2v) is 7.71. The van der Waals surface area contributed by atoms with Crippen molar-refractivity contribution >= 4 is 22.8 Å². The molecule has 0 unspecified atom stereocenters. The number of H-pyrrole nitrogens is 1. The first-order valence-electron chi connectivity index (χ1n) is 9.63. The molecular weight excluding hydrogens is 338 g/mol. The molecule has 0 aromatic carbocycles. The molecule has 1 saturated carbocycles. The number of aromatic amines is 1. The highest BCUT2D eigenvalue weighted by atomic mass is 15.3. The van der Waals surface area contributed by atoms with Crippen LogP contribution in [-0.2, 0) is 12.1 Å². The molecule has 4 aromatic heterocycles. The monoisotopic (exact) mass is 359 g/mol. The van der Waals surface area contributed by atoms with Gasteiger partial charge in [-0.3, -0.25) is 0 Å². The van der Waals surface area contributed by atoms with Gasteiger partial charge in [-0.05, 0) is 31.0 Å². The fraction of sp³-hybridized carbons (Fsp3) is 0.350. The van der Waals surface area contributed by atoms with E-state index in [1.807, 2.05) is 30.7 Å². The standard InChI is InChI=1S/C20H21N7/c1-2-6-20(7-3-1)13-26-10-9-22-18(26)15-11-14-12-23-19(25-17(14)27(15)20)24-16-5-4-8-21-16/h4-5,8-12,21H,1-3,6-7,13H2,(H,23,24,25). The number of nitrogens with zero attached hydrogens (tertiary/aromatic N) is 5. The highest BCUT2D eigenvalue weighted by molar-refractivity contribution is 5.84. The first-order valence-corrected chi connectivity index (χ1v) is 9.63. The lowest BCUT2D eigenvalue weighted by atomic mass is 9.80. The van der Waals surface area contributed by atoms with Gasteiger partial charge in [-0.1, -0.05) is 19.3 Å². The normalized spacial score (nSPS) is 17.8. The molecule has 2 N–H and O–H groups in total. The average Bonchev–Trinajstić information content (AvgIpc) is 3.41. The number of nitrogens with one attached hydrogen (secondary N) is 2. The topological polar surface area (TPSA) is 76.3 Å². The number of rotatable bonds is 2. The smallest absolute Gasteiger partial charge is 0.230 e. The minimum atomic E-state index is 0.0844. The summed E-state index contributed by atoms with van der Waals surface area (Å²) in [6, 6.07) is 6.12. The molecule has 6 rings (SSSR count). The van der Waals surface area contributed by atoms with Crippen molar-refractivity contribution in [3.05, 3.63) is 43.0 Å². The molecule has 7 heteroatoms. The molecule has 5 heterocycles. The van der Waals surface area contributed by atoms with Crippen molar-refractivity contribution in [3.63, 3.8) is 0 Å². The lowest BCUT2D eigenvalue weighted by molar-refractivity contribution is 0.163. The number of imidazole rings is 1. The van der Waals surface area contributed by atoms with Crippen LogP contribution < -0.4 is 5.32 Å². The minimum absolute atomic E-state index is 0.0844. The van der Waals surface area contributed by atoms with Gasteiger partial charge in [-0.25, -0.2) is 9.97 Å². The Hall–Kier alpha value is -3.09. The molecule has 7 nitrogen and oxygen atoms in total. The summed E-state index contributed by atoms with van der Waals surface area (Å²) in [5.41, 5.74) is 2.25. The first kappa shape index (κ1) is 15.0. The summed E-state index contributed by atoms with van der Waals surface area (Å²) in [6.07, 6.45) is 14.0. The molecule has 136 valence electrons. The van der Waals surface area contributed by atoms with Crippen LogP contribution in [0.2, 0.25) is 0 Å². The zero-order valence-corrected chi connectivity index (χ0v) is 15.0. The molecule has 1 aliphatic carbocycles. The molecule has 0 bridgehead atoms. The van der Waals surface area contributed by atoms with Crippen molar-refractivity contribution in [1.82, 2.24) is 29.1 Å². The van der Waals surface area contributed by atoms with E-state index < -0.39 is 0 Å². The van der Waals surface area contributed by atoms with E-state index in [0.29, 0.717) is 5.95 Å². The van der Waals surface area contributed by atoms with E-state index in [2.05, 4.69) is 41.7 Å². The summed E-state index contributed by atoms with van der Waals surface area (Å²) in [6.45, 7) is 0.975. The SMILES string of the molecule is c1c[nH]c(Nc2ncc3cc4n(c3n2)C2(CCCCC2)Cn2ccnc2-4)c1. The molecule has 1 spiro atoms. The van der Waals surface area contributed by atoms with E-state index in [0.717, 1.165) is 34.9 Å². The zero-order chi connectivity index (χ0) is 17.8. The lowest BCUT2D eigenvalue weighted by Gasteiger charge is -2.43. The van der Waals surface area contributed by atoms with E-state index in [1.54, 1.807) is 0 Å². The van der Waals surface area contributed by atoms with Gasteiger partial charge in [0.1, 0.15) is 11.5 Å². The van der Waals surface area contributed by atoms with Crippen LogP contribution in [0, 0.1) is 0 Å². The summed E-state index contributed by atoms with van der Waals surface area (Å²) in [7, 11) is 0. The second kappa shape index (κ2) is 5.45. The van der Waals surface area contributed by atoms with Crippen molar-refractivity contribution in [2.45, 2.75) is 44.2 Å². The molecule has 4 aromatic rings. The molecule has 2 aliphatic rings. The Morgan fingerprint density at radius 1 is 1.15 bits per heavy atom. The fourth-order valence-corrected chi connectivity index (χ4v) is 4.87. The third kappa shape index (κ3) is 2.17. The summed E-state index contributed by atoms with van der Waals surface area (Å²) < 4.78 is 4.77. The maximum absolute atomic E-state index is 4.91. The van der Waals surface area contributed by atoms with Crippen LogP contribution >= 0.6 is 0 Å². The Bertz CT molecular complexity index is 1110. The van der Waals surface area contributed by atoms with Gasteiger partial charge in [-0.15, -0.1) is 0 Å². The van der Waals surface area contributed by atoms with Crippen molar-refractivity contribution in [3.8, 4) is 11.5 Å². The highest BCUT2D eigenvalue weighted by Gasteiger charge is 2.41. The predicted octanol–water partition coefficient (Wildman–Crippen LogP) is 4.04. The Morgan fingerprint density at radius 2 is 2.07 bits per heavy atom. The molecule has 1 aliphatic heterocycles. The van der Waals surface area contributed by atoms with Gasteiger partial charge >= 0.3 is 0 Å². The van der Waals surface area contributed by atoms with Crippen LogP contribution in [-0.4, -0.2) is 29.1 Å². The third-order valence-corrected chi connectivity index (χ3v) is 6.05. The van der Waals surface area contributed by atoms with Crippen LogP contribution in [0.5, 0.6) is 0 Å². The quantitative estimate of drug-likeness (QED) is 0.566. The molecule has 0 atom stereocenters. The first-order chi connectivity index (χ1) is 13.3. The zero-order valence-electron chi connectivity index (χ0n) is 15.0. The summed E-state index contributed by atoms with van der Waals surface area (Å²) in [5, 5.41) is 4.34. The van der Waals surface area contributed by atoms with Gasteiger partial charge in [0.05, 0.1) is 11.2 Å². The molecular formula is C20H21N7. The van der Waals surface area contributed by atoms with E-state index in [1.165, 1.54) is 32.1 Å². The van der Waals surface area contributed by atoms with E-state index in [9.17, 15) is 0 Å². The van der Waals surface area contributed by atoms with Crippen LogP contribution in [0.25, 0.3) is 22.6 Å². The van der Waals surface area contributed by atoms with Gasteiger partial charge < -0.3 is 19.4 Å². The van der Waals surface area contributed by atoms with Crippen LogP contribution in [0.4, 0.5) is 11.8 Å². The number of hydrogen-bond acceptors (Lipinski definition) is 4. The highest BCUT2D eigenvalue weighted by Crippen LogP contribution is 2.45. The maximum Gasteiger partial charge on any atom is 0.230 e. The van der Waals surface area contributed by atoms with Gasteiger partial charge in [0, 0.05) is 36.7 Å². The van der Waals surface area contributed by atoms with E-state index in [-0.39, 0.29) is 5.54 Å². The van der Waals surface area contributed by atoms with Crippen molar-refractivity contribution in [2.24, 2.45) is 0 Å². The molecule has 1 fully saturated rings. The van der Waals surface area contributed by atoms with Crippen LogP contribution in [0.1, 0.15) is 32.1 Å². The van der Waals surface area contributed by atoms with Crippen molar-refractivity contribution < 1.29 is 0 Å². The van der Waals surface area contributed by atoms with E-state index in [4.69, 9.17) is 4.98 Å². The Balaban J connectivity index is 1.56. The summed E-state index contributed by atoms with van der Waals surface area (Å²) in [4.78, 5) is 17.2. The van der Waals surface area contributed by atoms with Gasteiger partial charge in [-0.2, -0.15) is 4.98 Å². The predicted molar refractivity (Wildman–Crippen MR) is 104 cm³/mol. The minimum Gasteiger partial charge on any atom is -0.348 e. The largest absolute Gasteiger partial charge is 0.348 e. The Morgan fingerprint density at radius 3 is 2.93 bits per heavy atom. The lowest BCUT2D eigenvalue weighted by Crippen LogP contribution is -2.43. The number of anilines is 2. The summed E-state index contributed by atoms with van der Waals surface area (Å²) in [5.74, 6) is 2.54. The van der Waals surface area contributed by atoms with Crippen molar-refractivity contribution in [2.75, 3.05) is 5.32 Å². The van der Waals surface area contributed by atoms with Crippen LogP contribution in [0.15, 0.2) is 43.0 Å². The molecule has 0 saturated heterocycles. The number of fused-ring (bicyclic) bond motifs is 6. The Kier molecular flexibility index (Phi) is 3.03. The average molecular weight is 359 g/mol. The van der Waals surface area contributed by atoms with Crippen LogP contribution in [0.3, 0.4) is 0 Å². The number of aromatic nitrogens is 6. The maximum atomic E-state index is 4.91. The second-order valence-electron chi connectivity index (χ2n) is 7.71. The fourth-order valence-electron chi connectivity index (χ4n) is 4.87.